The van der Waals surface area contributed by atoms with Gasteiger partial charge in [0.25, 0.3) is 0 Å². The molecule has 5 nitrogen and oxygen atoms in total. The van der Waals surface area contributed by atoms with Crippen molar-refractivity contribution in [1.29, 1.82) is 0 Å². The highest BCUT2D eigenvalue weighted by Gasteiger charge is 2.24. The zero-order valence-corrected chi connectivity index (χ0v) is 15.9. The van der Waals surface area contributed by atoms with Gasteiger partial charge in [0.2, 0.25) is 5.95 Å². The maximum atomic E-state index is 5.14. The van der Waals surface area contributed by atoms with E-state index in [1.807, 2.05) is 6.07 Å². The molecule has 0 amide bonds. The van der Waals surface area contributed by atoms with E-state index in [-0.39, 0.29) is 0 Å². The first-order valence-corrected chi connectivity index (χ1v) is 9.75. The van der Waals surface area contributed by atoms with Crippen LogP contribution in [0.25, 0.3) is 11.3 Å². The number of ether oxygens (including phenoxy) is 1. The number of piperidine rings is 1. The average molecular weight is 354 g/mol. The number of hydrogen-bond donors (Lipinski definition) is 1. The van der Waals surface area contributed by atoms with Gasteiger partial charge in [-0.25, -0.2) is 4.98 Å². The molecule has 3 rings (SSSR count). The second kappa shape index (κ2) is 9.53. The number of hydrogen-bond acceptors (Lipinski definition) is 5. The lowest BCUT2D eigenvalue weighted by Gasteiger charge is -2.35. The van der Waals surface area contributed by atoms with Gasteiger partial charge in [-0.05, 0) is 32.1 Å². The summed E-state index contributed by atoms with van der Waals surface area (Å²) in [6.07, 6.45) is 5.83. The van der Waals surface area contributed by atoms with Crippen molar-refractivity contribution in [2.75, 3.05) is 37.0 Å². The Morgan fingerprint density at radius 3 is 2.81 bits per heavy atom. The first kappa shape index (κ1) is 18.6. The molecule has 0 bridgehead atoms. The summed E-state index contributed by atoms with van der Waals surface area (Å²) in [4.78, 5) is 12.2. The van der Waals surface area contributed by atoms with Gasteiger partial charge in [0.1, 0.15) is 5.82 Å². The molecular weight excluding hydrogens is 324 g/mol. The first-order valence-electron chi connectivity index (χ1n) is 9.75. The third kappa shape index (κ3) is 4.73. The number of anilines is 2. The smallest absolute Gasteiger partial charge is 0.228 e. The van der Waals surface area contributed by atoms with Crippen molar-refractivity contribution in [2.24, 2.45) is 0 Å². The third-order valence-corrected chi connectivity index (χ3v) is 4.97. The van der Waals surface area contributed by atoms with Gasteiger partial charge in [-0.3, -0.25) is 0 Å². The molecule has 0 saturated carbocycles. The molecule has 2 aromatic rings. The summed E-state index contributed by atoms with van der Waals surface area (Å²) in [5.74, 6) is 1.75. The molecule has 1 unspecified atom stereocenters. The molecule has 0 spiro atoms. The topological polar surface area (TPSA) is 50.3 Å². The fraction of sp³-hybridized carbons (Fsp3) is 0.524. The molecule has 1 aromatic heterocycles. The fourth-order valence-corrected chi connectivity index (χ4v) is 3.53. The molecule has 140 valence electrons. The summed E-state index contributed by atoms with van der Waals surface area (Å²) in [5, 5.41) is 3.44. The van der Waals surface area contributed by atoms with E-state index in [0.717, 1.165) is 55.6 Å². The number of benzene rings is 1. The van der Waals surface area contributed by atoms with Crippen LogP contribution >= 0.6 is 0 Å². The van der Waals surface area contributed by atoms with E-state index in [2.05, 4.69) is 47.5 Å². The average Bonchev–Trinajstić information content (AvgIpc) is 2.71. The zero-order valence-electron chi connectivity index (χ0n) is 15.9. The Hall–Kier alpha value is -2.14. The monoisotopic (exact) mass is 354 g/mol. The second-order valence-corrected chi connectivity index (χ2v) is 6.83. The van der Waals surface area contributed by atoms with E-state index in [0.29, 0.717) is 6.04 Å². The number of nitrogens with one attached hydrogen (secondary N) is 1. The van der Waals surface area contributed by atoms with E-state index in [9.17, 15) is 0 Å². The van der Waals surface area contributed by atoms with E-state index >= 15 is 0 Å². The van der Waals surface area contributed by atoms with Gasteiger partial charge in [0, 0.05) is 44.5 Å². The summed E-state index contributed by atoms with van der Waals surface area (Å²) in [6.45, 7) is 4.89. The van der Waals surface area contributed by atoms with E-state index in [1.165, 1.54) is 19.3 Å². The third-order valence-electron chi connectivity index (χ3n) is 4.97. The zero-order chi connectivity index (χ0) is 18.2. The Morgan fingerprint density at radius 1 is 1.19 bits per heavy atom. The van der Waals surface area contributed by atoms with Gasteiger partial charge in [-0.1, -0.05) is 37.3 Å². The van der Waals surface area contributed by atoms with Crippen LogP contribution in [0.3, 0.4) is 0 Å². The summed E-state index contributed by atoms with van der Waals surface area (Å²) >= 11 is 0. The highest BCUT2D eigenvalue weighted by Crippen LogP contribution is 2.28. The summed E-state index contributed by atoms with van der Waals surface area (Å²) < 4.78 is 5.14. The molecular formula is C21H30N4O. The lowest BCUT2D eigenvalue weighted by atomic mass is 10.0. The van der Waals surface area contributed by atoms with Crippen molar-refractivity contribution >= 4 is 11.8 Å². The van der Waals surface area contributed by atoms with Gasteiger partial charge in [0.15, 0.2) is 0 Å². The van der Waals surface area contributed by atoms with Crippen molar-refractivity contribution < 1.29 is 4.74 Å². The van der Waals surface area contributed by atoms with E-state index < -0.39 is 0 Å². The van der Waals surface area contributed by atoms with Crippen molar-refractivity contribution in [3.8, 4) is 11.3 Å². The Kier molecular flexibility index (Phi) is 6.83. The summed E-state index contributed by atoms with van der Waals surface area (Å²) in [5.41, 5.74) is 2.10. The summed E-state index contributed by atoms with van der Waals surface area (Å²) in [7, 11) is 1.73. The standard InChI is InChI=1S/C21H30N4O/c1-3-18-12-7-8-14-25(18)21-23-19(17-10-5-4-6-11-17)16-20(24-21)22-13-9-15-26-2/h4-6,10-11,16,18H,3,7-9,12-15H2,1-2H3,(H,22,23,24). The SMILES string of the molecule is CCC1CCCCN1c1nc(NCCCOC)cc(-c2ccccc2)n1. The number of methoxy groups -OCH3 is 1. The predicted octanol–water partition coefficient (Wildman–Crippen LogP) is 4.36. The lowest BCUT2D eigenvalue weighted by molar-refractivity contribution is 0.198. The molecule has 2 heterocycles. The maximum absolute atomic E-state index is 5.14. The van der Waals surface area contributed by atoms with Crippen molar-refractivity contribution in [2.45, 2.75) is 45.1 Å². The first-order chi connectivity index (χ1) is 12.8. The van der Waals surface area contributed by atoms with Crippen LogP contribution in [0.1, 0.15) is 39.0 Å². The second-order valence-electron chi connectivity index (χ2n) is 6.83. The Bertz CT molecular complexity index is 677. The van der Waals surface area contributed by atoms with E-state index in [4.69, 9.17) is 14.7 Å². The number of rotatable bonds is 8. The van der Waals surface area contributed by atoms with Crippen LogP contribution in [-0.2, 0) is 4.74 Å². The molecule has 0 aliphatic carbocycles. The number of nitrogens with zero attached hydrogens (tertiary/aromatic N) is 3. The van der Waals surface area contributed by atoms with Gasteiger partial charge >= 0.3 is 0 Å². The van der Waals surface area contributed by atoms with Crippen LogP contribution in [0.5, 0.6) is 0 Å². The number of aromatic nitrogens is 2. The normalized spacial score (nSPS) is 17.3. The molecule has 1 fully saturated rings. The van der Waals surface area contributed by atoms with Crippen LogP contribution in [0.2, 0.25) is 0 Å². The highest BCUT2D eigenvalue weighted by molar-refractivity contribution is 5.64. The largest absolute Gasteiger partial charge is 0.385 e. The minimum absolute atomic E-state index is 0.538. The van der Waals surface area contributed by atoms with E-state index in [1.54, 1.807) is 7.11 Å². The van der Waals surface area contributed by atoms with Crippen molar-refractivity contribution in [3.05, 3.63) is 36.4 Å². The van der Waals surface area contributed by atoms with Gasteiger partial charge in [0.05, 0.1) is 5.69 Å². The molecule has 1 N–H and O–H groups in total. The molecule has 1 aliphatic heterocycles. The lowest BCUT2D eigenvalue weighted by Crippen LogP contribution is -2.40. The molecule has 1 saturated heterocycles. The molecule has 1 aromatic carbocycles. The van der Waals surface area contributed by atoms with Crippen LogP contribution < -0.4 is 10.2 Å². The summed E-state index contributed by atoms with van der Waals surface area (Å²) in [6, 6.07) is 12.9. The highest BCUT2D eigenvalue weighted by atomic mass is 16.5. The Balaban J connectivity index is 1.89. The van der Waals surface area contributed by atoms with Crippen molar-refractivity contribution in [1.82, 2.24) is 9.97 Å². The van der Waals surface area contributed by atoms with Crippen LogP contribution in [-0.4, -0.2) is 42.8 Å². The molecule has 26 heavy (non-hydrogen) atoms. The molecule has 0 radical (unpaired) electrons. The Labute approximate surface area is 156 Å². The molecule has 1 atom stereocenters. The van der Waals surface area contributed by atoms with Gasteiger partial charge in [-0.2, -0.15) is 4.98 Å². The van der Waals surface area contributed by atoms with Crippen LogP contribution in [0.4, 0.5) is 11.8 Å². The fourth-order valence-electron chi connectivity index (χ4n) is 3.53. The molecule has 5 heteroatoms. The minimum atomic E-state index is 0.538. The van der Waals surface area contributed by atoms with Crippen LogP contribution in [0, 0.1) is 0 Å². The minimum Gasteiger partial charge on any atom is -0.385 e. The predicted molar refractivity (Wildman–Crippen MR) is 108 cm³/mol. The Morgan fingerprint density at radius 2 is 2.04 bits per heavy atom. The van der Waals surface area contributed by atoms with Crippen molar-refractivity contribution in [3.63, 3.8) is 0 Å². The van der Waals surface area contributed by atoms with Crippen LogP contribution in [0.15, 0.2) is 36.4 Å². The molecule has 1 aliphatic rings. The maximum Gasteiger partial charge on any atom is 0.228 e. The van der Waals surface area contributed by atoms with Gasteiger partial charge in [-0.15, -0.1) is 0 Å². The van der Waals surface area contributed by atoms with Gasteiger partial charge < -0.3 is 15.0 Å². The quantitative estimate of drug-likeness (QED) is 0.714.